The molecule has 0 spiro atoms. The summed E-state index contributed by atoms with van der Waals surface area (Å²) in [6, 6.07) is 13.8. The van der Waals surface area contributed by atoms with Crippen LogP contribution in [-0.4, -0.2) is 33.2 Å². The first kappa shape index (κ1) is 21.3. The number of carbonyl (C=O) groups is 2. The lowest BCUT2D eigenvalue weighted by Crippen LogP contribution is -2.32. The van der Waals surface area contributed by atoms with Gasteiger partial charge in [-0.05, 0) is 61.0 Å². The lowest BCUT2D eigenvalue weighted by Gasteiger charge is -2.12. The minimum absolute atomic E-state index is 0.0882. The smallest absolute Gasteiger partial charge is 0.291 e. The second-order valence-electron chi connectivity index (χ2n) is 7.43. The Morgan fingerprint density at radius 2 is 1.81 bits per heavy atom. The zero-order valence-electron chi connectivity index (χ0n) is 16.7. The summed E-state index contributed by atoms with van der Waals surface area (Å²) in [4.78, 5) is 29.1. The van der Waals surface area contributed by atoms with E-state index >= 15 is 0 Å². The van der Waals surface area contributed by atoms with Crippen molar-refractivity contribution in [1.82, 2.24) is 14.9 Å². The molecule has 0 radical (unpaired) electrons. The number of para-hydroxylation sites is 2. The van der Waals surface area contributed by atoms with Crippen molar-refractivity contribution in [1.29, 1.82) is 0 Å². The van der Waals surface area contributed by atoms with E-state index in [9.17, 15) is 18.4 Å². The van der Waals surface area contributed by atoms with Gasteiger partial charge < -0.3 is 15.2 Å². The van der Waals surface area contributed by atoms with E-state index in [1.165, 1.54) is 4.57 Å². The fourth-order valence-corrected chi connectivity index (χ4v) is 4.36. The molecule has 0 bridgehead atoms. The number of nitrogens with one attached hydrogen (secondary N) is 2. The standard InChI is InChI=1S/C22H22F2N4O2S/c23-21(24)31-22-27-17-7-3-4-8-18(17)28(22)13-19(29)25-16-11-9-14(10-12-16)20(30)26-15-5-1-2-6-15/h3-4,7-12,15,21H,1-2,5-6,13H2,(H,25,29)(H,26,30). The minimum Gasteiger partial charge on any atom is -0.349 e. The monoisotopic (exact) mass is 444 g/mol. The Morgan fingerprint density at radius 3 is 2.52 bits per heavy atom. The number of fused-ring (bicyclic) bond motifs is 1. The molecule has 4 rings (SSSR count). The quantitative estimate of drug-likeness (QED) is 0.520. The lowest BCUT2D eigenvalue weighted by atomic mass is 10.1. The largest absolute Gasteiger partial charge is 0.349 e. The van der Waals surface area contributed by atoms with Crippen LogP contribution in [0.3, 0.4) is 0 Å². The van der Waals surface area contributed by atoms with E-state index < -0.39 is 5.76 Å². The van der Waals surface area contributed by atoms with Crippen molar-refractivity contribution < 1.29 is 18.4 Å². The van der Waals surface area contributed by atoms with Crippen LogP contribution < -0.4 is 10.6 Å². The molecule has 0 unspecified atom stereocenters. The zero-order valence-corrected chi connectivity index (χ0v) is 17.5. The van der Waals surface area contributed by atoms with E-state index in [1.807, 2.05) is 0 Å². The number of alkyl halides is 2. The summed E-state index contributed by atoms with van der Waals surface area (Å²) >= 11 is 0.311. The van der Waals surface area contributed by atoms with Crippen LogP contribution >= 0.6 is 11.8 Å². The molecule has 1 aliphatic carbocycles. The molecular formula is C22H22F2N4O2S. The number of hydrogen-bond donors (Lipinski definition) is 2. The number of thioether (sulfide) groups is 1. The van der Waals surface area contributed by atoms with Crippen molar-refractivity contribution >= 4 is 40.3 Å². The van der Waals surface area contributed by atoms with Gasteiger partial charge in [0.05, 0.1) is 11.0 Å². The third-order valence-electron chi connectivity index (χ3n) is 5.24. The maximum absolute atomic E-state index is 12.9. The van der Waals surface area contributed by atoms with Gasteiger partial charge in [-0.1, -0.05) is 25.0 Å². The van der Waals surface area contributed by atoms with Crippen molar-refractivity contribution in [2.75, 3.05) is 5.32 Å². The summed E-state index contributed by atoms with van der Waals surface area (Å²) in [7, 11) is 0. The van der Waals surface area contributed by atoms with Gasteiger partial charge in [0.25, 0.3) is 11.7 Å². The number of amides is 2. The molecule has 9 heteroatoms. The Morgan fingerprint density at radius 1 is 1.10 bits per heavy atom. The first-order chi connectivity index (χ1) is 15.0. The highest BCUT2D eigenvalue weighted by molar-refractivity contribution is 7.99. The molecule has 0 atom stereocenters. The third kappa shape index (κ3) is 5.22. The number of nitrogens with zero attached hydrogens (tertiary/aromatic N) is 2. The molecule has 2 aromatic carbocycles. The first-order valence-electron chi connectivity index (χ1n) is 10.1. The van der Waals surface area contributed by atoms with Gasteiger partial charge in [0.15, 0.2) is 5.16 Å². The van der Waals surface area contributed by atoms with E-state index in [1.54, 1.807) is 48.5 Å². The molecule has 1 aromatic heterocycles. The highest BCUT2D eigenvalue weighted by Crippen LogP contribution is 2.28. The van der Waals surface area contributed by atoms with Crippen LogP contribution in [0.15, 0.2) is 53.7 Å². The Kier molecular flexibility index (Phi) is 6.50. The Labute approximate surface area is 182 Å². The lowest BCUT2D eigenvalue weighted by molar-refractivity contribution is -0.116. The normalized spacial score (nSPS) is 14.3. The second-order valence-corrected chi connectivity index (χ2v) is 8.39. The molecule has 162 valence electrons. The van der Waals surface area contributed by atoms with Crippen molar-refractivity contribution in [2.24, 2.45) is 0 Å². The highest BCUT2D eigenvalue weighted by atomic mass is 32.2. The molecule has 3 aromatic rings. The summed E-state index contributed by atoms with van der Waals surface area (Å²) in [6.07, 6.45) is 4.29. The SMILES string of the molecule is O=C(Cn1c(SC(F)F)nc2ccccc21)Nc1ccc(C(=O)NC2CCCC2)cc1. The first-order valence-corrected chi connectivity index (χ1v) is 11.0. The van der Waals surface area contributed by atoms with Crippen molar-refractivity contribution in [3.8, 4) is 0 Å². The van der Waals surface area contributed by atoms with E-state index in [-0.39, 0.29) is 29.6 Å². The number of rotatable bonds is 7. The number of carbonyl (C=O) groups excluding carboxylic acids is 2. The summed E-state index contributed by atoms with van der Waals surface area (Å²) in [5, 5.41) is 5.86. The van der Waals surface area contributed by atoms with Gasteiger partial charge in [0.1, 0.15) is 6.54 Å². The van der Waals surface area contributed by atoms with E-state index in [0.29, 0.717) is 34.0 Å². The maximum atomic E-state index is 12.9. The molecule has 1 saturated carbocycles. The number of hydrogen-bond acceptors (Lipinski definition) is 4. The summed E-state index contributed by atoms with van der Waals surface area (Å²) in [6.45, 7) is -0.153. The molecule has 2 N–H and O–H groups in total. The molecule has 6 nitrogen and oxygen atoms in total. The summed E-state index contributed by atoms with van der Waals surface area (Å²) in [5.41, 5.74) is 2.21. The van der Waals surface area contributed by atoms with Crippen LogP contribution in [0.25, 0.3) is 11.0 Å². The van der Waals surface area contributed by atoms with Gasteiger partial charge in [0.2, 0.25) is 5.91 Å². The van der Waals surface area contributed by atoms with Crippen LogP contribution in [0.4, 0.5) is 14.5 Å². The second kappa shape index (κ2) is 9.47. The average Bonchev–Trinajstić information content (AvgIpc) is 3.36. The highest BCUT2D eigenvalue weighted by Gasteiger charge is 2.19. The van der Waals surface area contributed by atoms with Gasteiger partial charge in [-0.25, -0.2) is 4.98 Å². The summed E-state index contributed by atoms with van der Waals surface area (Å²) < 4.78 is 27.3. The fourth-order valence-electron chi connectivity index (χ4n) is 3.76. The number of benzene rings is 2. The molecular weight excluding hydrogens is 422 g/mol. The Hall–Kier alpha value is -2.94. The van der Waals surface area contributed by atoms with Crippen LogP contribution in [0.2, 0.25) is 0 Å². The van der Waals surface area contributed by atoms with Crippen molar-refractivity contribution in [3.63, 3.8) is 0 Å². The molecule has 0 aliphatic heterocycles. The van der Waals surface area contributed by atoms with Gasteiger partial charge in [-0.3, -0.25) is 9.59 Å². The number of aromatic nitrogens is 2. The number of anilines is 1. The zero-order chi connectivity index (χ0) is 21.8. The predicted octanol–water partition coefficient (Wildman–Crippen LogP) is 4.66. The Balaban J connectivity index is 1.42. The van der Waals surface area contributed by atoms with Gasteiger partial charge in [-0.15, -0.1) is 0 Å². The topological polar surface area (TPSA) is 76.0 Å². The van der Waals surface area contributed by atoms with Crippen LogP contribution in [0, 0.1) is 0 Å². The number of imidazole rings is 1. The van der Waals surface area contributed by atoms with Crippen LogP contribution in [-0.2, 0) is 11.3 Å². The van der Waals surface area contributed by atoms with E-state index in [2.05, 4.69) is 15.6 Å². The van der Waals surface area contributed by atoms with Crippen molar-refractivity contribution in [2.45, 2.75) is 49.2 Å². The fraction of sp³-hybridized carbons (Fsp3) is 0.318. The third-order valence-corrected chi connectivity index (χ3v) is 5.94. The van der Waals surface area contributed by atoms with E-state index in [0.717, 1.165) is 25.7 Å². The van der Waals surface area contributed by atoms with Gasteiger partial charge in [-0.2, -0.15) is 8.78 Å². The average molecular weight is 445 g/mol. The molecule has 1 aliphatic rings. The Bertz CT molecular complexity index is 1080. The maximum Gasteiger partial charge on any atom is 0.291 e. The van der Waals surface area contributed by atoms with Gasteiger partial charge in [0, 0.05) is 17.3 Å². The summed E-state index contributed by atoms with van der Waals surface area (Å²) in [5.74, 6) is -3.13. The molecule has 2 amide bonds. The minimum atomic E-state index is -2.64. The van der Waals surface area contributed by atoms with E-state index in [4.69, 9.17) is 0 Å². The van der Waals surface area contributed by atoms with Crippen LogP contribution in [0.1, 0.15) is 36.0 Å². The molecule has 1 heterocycles. The van der Waals surface area contributed by atoms with Crippen LogP contribution in [0.5, 0.6) is 0 Å². The molecule has 31 heavy (non-hydrogen) atoms. The van der Waals surface area contributed by atoms with Gasteiger partial charge >= 0.3 is 0 Å². The number of halogens is 2. The van der Waals surface area contributed by atoms with Crippen molar-refractivity contribution in [3.05, 3.63) is 54.1 Å². The molecule has 1 fully saturated rings. The molecule has 0 saturated heterocycles. The predicted molar refractivity (Wildman–Crippen MR) is 116 cm³/mol.